The molecule has 4 heterocycles. The molecule has 2 aliphatic rings. The fourth-order valence-corrected chi connectivity index (χ4v) is 5.60. The minimum absolute atomic E-state index is 0.0547. The molecule has 0 saturated carbocycles. The van der Waals surface area contributed by atoms with E-state index in [0.29, 0.717) is 61.6 Å². The number of hydrogen-bond acceptors (Lipinski definition) is 11. The summed E-state index contributed by atoms with van der Waals surface area (Å²) in [7, 11) is -3.26. The Morgan fingerprint density at radius 2 is 1.52 bits per heavy atom. The number of sulfonamides is 1. The number of nitrogens with one attached hydrogen (secondary N) is 2. The molecule has 0 aliphatic carbocycles. The summed E-state index contributed by atoms with van der Waals surface area (Å²) in [6.45, 7) is 2.76. The lowest BCUT2D eigenvalue weighted by molar-refractivity contribution is -0.193. The Hall–Kier alpha value is -4.96. The van der Waals surface area contributed by atoms with Crippen LogP contribution in [-0.2, 0) is 37.2 Å². The van der Waals surface area contributed by atoms with Crippen molar-refractivity contribution < 1.29 is 64.1 Å². The molecule has 0 unspecified atom stereocenters. The highest BCUT2D eigenvalue weighted by atomic mass is 35.5. The third-order valence-corrected chi connectivity index (χ3v) is 9.15. The second-order valence-corrected chi connectivity index (χ2v) is 13.3. The first-order valence-electron chi connectivity index (χ1n) is 14.8. The number of hydrogen-bond donors (Lipinski definition) is 4. The zero-order chi connectivity index (χ0) is 38.9. The molecule has 3 aromatic rings. The maximum absolute atomic E-state index is 12.9. The molecule has 1 saturated heterocycles. The molecular formula is C29H30ClF6N7O8S. The molecular weight excluding hydrogens is 756 g/mol. The van der Waals surface area contributed by atoms with Gasteiger partial charge in [-0.3, -0.25) is 9.78 Å². The van der Waals surface area contributed by atoms with Crippen LogP contribution < -0.4 is 15.4 Å². The smallest absolute Gasteiger partial charge is 0.483 e. The lowest BCUT2D eigenvalue weighted by Gasteiger charge is -2.33. The van der Waals surface area contributed by atoms with Crippen LogP contribution in [-0.4, -0.2) is 112 Å². The fraction of sp³-hybridized carbons (Fsp3) is 0.379. The number of carbonyl (C=O) groups excluding carboxylic acids is 1. The summed E-state index contributed by atoms with van der Waals surface area (Å²) in [5.74, 6) is -4.20. The third kappa shape index (κ3) is 12.4. The third-order valence-electron chi connectivity index (χ3n) is 6.99. The maximum Gasteiger partial charge on any atom is 0.490 e. The number of carbonyl (C=O) groups is 3. The Labute approximate surface area is 296 Å². The fourth-order valence-electron chi connectivity index (χ4n) is 4.37. The van der Waals surface area contributed by atoms with E-state index < -0.39 is 34.3 Å². The summed E-state index contributed by atoms with van der Waals surface area (Å²) < 4.78 is 95.1. The van der Waals surface area contributed by atoms with Gasteiger partial charge in [-0.25, -0.2) is 23.0 Å². The van der Waals surface area contributed by atoms with Gasteiger partial charge < -0.3 is 30.5 Å². The van der Waals surface area contributed by atoms with Crippen molar-refractivity contribution in [3.05, 3.63) is 59.0 Å². The van der Waals surface area contributed by atoms with Crippen molar-refractivity contribution in [2.45, 2.75) is 32.1 Å². The number of carboxylic acid groups (broad SMARTS) is 2. The highest BCUT2D eigenvalue weighted by molar-refractivity contribution is 7.89. The molecule has 52 heavy (non-hydrogen) atoms. The van der Waals surface area contributed by atoms with Gasteiger partial charge in [-0.05, 0) is 55.2 Å². The van der Waals surface area contributed by atoms with Crippen LogP contribution in [0.25, 0.3) is 0 Å². The summed E-state index contributed by atoms with van der Waals surface area (Å²) >= 11 is 6.33. The summed E-state index contributed by atoms with van der Waals surface area (Å²) in [6.07, 6.45) is -3.79. The predicted molar refractivity (Wildman–Crippen MR) is 172 cm³/mol. The highest BCUT2D eigenvalue weighted by Crippen LogP contribution is 2.30. The molecule has 2 aliphatic heterocycles. The van der Waals surface area contributed by atoms with Crippen molar-refractivity contribution in [1.82, 2.24) is 24.2 Å². The predicted octanol–water partition coefficient (Wildman–Crippen LogP) is 4.25. The SMILES string of the molecule is CCS(=O)(=O)N1CCN(C(=O)COc2ccc3cc2CCc2cncc(c2)Nc2ncc(Cl)c(n2)N3)CC1.O=C(O)C(F)(F)F.O=C(O)C(F)(F)F. The van der Waals surface area contributed by atoms with Crippen LogP contribution in [0.15, 0.2) is 42.9 Å². The van der Waals surface area contributed by atoms with E-state index in [1.54, 1.807) is 18.0 Å². The van der Waals surface area contributed by atoms with E-state index in [2.05, 4.69) is 25.6 Å². The van der Waals surface area contributed by atoms with Gasteiger partial charge in [-0.2, -0.15) is 35.6 Å². The van der Waals surface area contributed by atoms with Crippen LogP contribution in [0.1, 0.15) is 18.1 Å². The van der Waals surface area contributed by atoms with Crippen LogP contribution in [0.4, 0.5) is 49.5 Å². The van der Waals surface area contributed by atoms with Crippen LogP contribution in [0.5, 0.6) is 5.75 Å². The number of amides is 1. The molecule has 1 amide bonds. The number of aromatic nitrogens is 3. The average molecular weight is 786 g/mol. The number of fused-ring (bicyclic) bond motifs is 6. The van der Waals surface area contributed by atoms with E-state index in [-0.39, 0.29) is 18.3 Å². The van der Waals surface area contributed by atoms with Gasteiger partial charge in [-0.15, -0.1) is 0 Å². The number of aliphatic carboxylic acids is 2. The number of pyridine rings is 1. The molecule has 23 heteroatoms. The molecule has 4 N–H and O–H groups in total. The van der Waals surface area contributed by atoms with Gasteiger partial charge in [0.1, 0.15) is 10.8 Å². The quantitative estimate of drug-likeness (QED) is 0.268. The minimum atomic E-state index is -5.08. The Bertz CT molecular complexity index is 1840. The number of piperazine rings is 1. The van der Waals surface area contributed by atoms with Crippen LogP contribution >= 0.6 is 11.6 Å². The summed E-state index contributed by atoms with van der Waals surface area (Å²) in [5, 5.41) is 21.0. The lowest BCUT2D eigenvalue weighted by atomic mass is 10.0. The standard InChI is InChI=1S/C25H28ClN7O4S.2C2HF3O2/c1-2-38(35,36)33-9-7-32(8-10-33)23(34)16-37-22-6-5-19-12-18(22)4-3-17-11-20(14-27-13-17)30-25-28-15-21(26)24(29-19)31-25;2*3-2(4,5)1(6)7/h5-6,11-15H,2-4,7-10,16H2,1H3,(H2,28,29,30,31);2*(H,6,7). The second kappa shape index (κ2) is 17.5. The van der Waals surface area contributed by atoms with Gasteiger partial charge in [0.05, 0.1) is 23.8 Å². The number of ether oxygens (including phenoxy) is 1. The van der Waals surface area contributed by atoms with Gasteiger partial charge in [-0.1, -0.05) is 11.6 Å². The second-order valence-electron chi connectivity index (χ2n) is 10.6. The molecule has 0 spiro atoms. The molecule has 1 fully saturated rings. The van der Waals surface area contributed by atoms with E-state index >= 15 is 0 Å². The van der Waals surface area contributed by atoms with E-state index in [9.17, 15) is 39.6 Å². The Morgan fingerprint density at radius 1 is 0.904 bits per heavy atom. The molecule has 1 aromatic carbocycles. The molecule has 5 rings (SSSR count). The number of alkyl halides is 6. The highest BCUT2D eigenvalue weighted by Gasteiger charge is 2.39. The van der Waals surface area contributed by atoms with E-state index in [0.717, 1.165) is 22.5 Å². The van der Waals surface area contributed by atoms with Crippen molar-refractivity contribution in [1.29, 1.82) is 0 Å². The first-order chi connectivity index (χ1) is 24.2. The number of aryl methyl sites for hydroxylation is 2. The van der Waals surface area contributed by atoms with Crippen molar-refractivity contribution >= 4 is 62.6 Å². The van der Waals surface area contributed by atoms with E-state index in [4.69, 9.17) is 36.1 Å². The van der Waals surface area contributed by atoms with Gasteiger partial charge in [0, 0.05) is 38.1 Å². The first kappa shape index (κ1) is 41.5. The Morgan fingerprint density at radius 3 is 2.10 bits per heavy atom. The number of nitrogens with zero attached hydrogens (tertiary/aromatic N) is 5. The van der Waals surface area contributed by atoms with Crippen LogP contribution in [0.3, 0.4) is 0 Å². The number of halogens is 7. The number of rotatable bonds is 5. The van der Waals surface area contributed by atoms with Gasteiger partial charge >= 0.3 is 24.3 Å². The summed E-state index contributed by atoms with van der Waals surface area (Å²) in [5.41, 5.74) is 3.45. The van der Waals surface area contributed by atoms with Crippen molar-refractivity contribution in [2.24, 2.45) is 0 Å². The van der Waals surface area contributed by atoms with Crippen molar-refractivity contribution in [2.75, 3.05) is 49.2 Å². The van der Waals surface area contributed by atoms with Gasteiger partial charge in [0.15, 0.2) is 12.4 Å². The van der Waals surface area contributed by atoms with Crippen molar-refractivity contribution in [3.8, 4) is 5.75 Å². The molecule has 15 nitrogen and oxygen atoms in total. The monoisotopic (exact) mass is 785 g/mol. The average Bonchev–Trinajstić information content (AvgIpc) is 3.08. The molecule has 6 bridgehead atoms. The van der Waals surface area contributed by atoms with E-state index in [1.165, 1.54) is 10.5 Å². The zero-order valence-corrected chi connectivity index (χ0v) is 28.4. The molecule has 0 radical (unpaired) electrons. The summed E-state index contributed by atoms with van der Waals surface area (Å²) in [6, 6.07) is 7.60. The molecule has 0 atom stereocenters. The largest absolute Gasteiger partial charge is 0.490 e. The topological polar surface area (TPSA) is 204 Å². The number of anilines is 4. The zero-order valence-electron chi connectivity index (χ0n) is 26.8. The summed E-state index contributed by atoms with van der Waals surface area (Å²) in [4.78, 5) is 45.3. The lowest BCUT2D eigenvalue weighted by Crippen LogP contribution is -2.51. The Balaban J connectivity index is 0.000000441. The van der Waals surface area contributed by atoms with Crippen LogP contribution in [0, 0.1) is 0 Å². The van der Waals surface area contributed by atoms with Gasteiger partial charge in [0.2, 0.25) is 16.0 Å². The van der Waals surface area contributed by atoms with Crippen LogP contribution in [0.2, 0.25) is 5.02 Å². The minimum Gasteiger partial charge on any atom is -0.483 e. The van der Waals surface area contributed by atoms with Crippen molar-refractivity contribution in [3.63, 3.8) is 0 Å². The maximum atomic E-state index is 12.9. The van der Waals surface area contributed by atoms with E-state index in [1.807, 2.05) is 30.5 Å². The Kier molecular flexibility index (Phi) is 14.0. The van der Waals surface area contributed by atoms with Gasteiger partial charge in [0.25, 0.3) is 5.91 Å². The first-order valence-corrected chi connectivity index (χ1v) is 16.8. The number of carboxylic acids is 2. The molecule has 284 valence electrons. The number of benzene rings is 1. The normalized spacial score (nSPS) is 14.6. The molecule has 2 aromatic heterocycles.